The lowest BCUT2D eigenvalue weighted by molar-refractivity contribution is 0.0600. The quantitative estimate of drug-likeness (QED) is 0.809. The summed E-state index contributed by atoms with van der Waals surface area (Å²) in [4.78, 5) is 11.6. The van der Waals surface area contributed by atoms with Gasteiger partial charge < -0.3 is 14.6 Å². The van der Waals surface area contributed by atoms with Crippen molar-refractivity contribution in [3.05, 3.63) is 64.7 Å². The average molecular weight is 270 g/mol. The zero-order valence-electron chi connectivity index (χ0n) is 11.0. The molecule has 0 saturated heterocycles. The molecule has 1 heterocycles. The highest BCUT2D eigenvalue weighted by molar-refractivity contribution is 5.89. The first-order valence-corrected chi connectivity index (χ1v) is 6.31. The van der Waals surface area contributed by atoms with Gasteiger partial charge in [0.25, 0.3) is 0 Å². The minimum atomic E-state index is -0.812. The standard InChI is InChI=1S/C16H14O4/c1-19-16(18)10-6-7-11-9-20-14-5-3-2-4-12(14)15(17)13(11)8-10/h2-8,15,17H,9H2,1H3/t15-/m1/s1. The molecule has 0 radical (unpaired) electrons. The Bertz CT molecular complexity index is 663. The lowest BCUT2D eigenvalue weighted by atomic mass is 9.95. The molecule has 20 heavy (non-hydrogen) atoms. The van der Waals surface area contributed by atoms with Crippen molar-refractivity contribution in [2.45, 2.75) is 12.7 Å². The Labute approximate surface area is 116 Å². The fourth-order valence-electron chi connectivity index (χ4n) is 2.39. The van der Waals surface area contributed by atoms with E-state index in [-0.39, 0.29) is 0 Å². The molecule has 1 atom stereocenters. The van der Waals surface area contributed by atoms with Gasteiger partial charge in [0.2, 0.25) is 0 Å². The molecule has 0 aliphatic carbocycles. The minimum Gasteiger partial charge on any atom is -0.488 e. The molecule has 2 aromatic carbocycles. The van der Waals surface area contributed by atoms with Gasteiger partial charge in [0.05, 0.1) is 12.7 Å². The normalized spacial score (nSPS) is 16.4. The molecule has 1 N–H and O–H groups in total. The summed E-state index contributed by atoms with van der Waals surface area (Å²) >= 11 is 0. The maximum Gasteiger partial charge on any atom is 0.337 e. The van der Waals surface area contributed by atoms with Gasteiger partial charge in [-0.25, -0.2) is 4.79 Å². The number of esters is 1. The van der Waals surface area contributed by atoms with Crippen LogP contribution in [0.1, 0.15) is 33.2 Å². The summed E-state index contributed by atoms with van der Waals surface area (Å²) in [5.74, 6) is 0.245. The molecular formula is C16H14O4. The van der Waals surface area contributed by atoms with Crippen LogP contribution in [0.15, 0.2) is 42.5 Å². The molecule has 4 heteroatoms. The van der Waals surface area contributed by atoms with Crippen LogP contribution in [0.5, 0.6) is 5.75 Å². The topological polar surface area (TPSA) is 55.8 Å². The highest BCUT2D eigenvalue weighted by Crippen LogP contribution is 2.35. The summed E-state index contributed by atoms with van der Waals surface area (Å²) in [5, 5.41) is 10.5. The molecule has 4 nitrogen and oxygen atoms in total. The fourth-order valence-corrected chi connectivity index (χ4v) is 2.39. The largest absolute Gasteiger partial charge is 0.488 e. The second-order valence-corrected chi connectivity index (χ2v) is 4.63. The molecular weight excluding hydrogens is 256 g/mol. The molecule has 102 valence electrons. The molecule has 1 aliphatic heterocycles. The highest BCUT2D eigenvalue weighted by Gasteiger charge is 2.23. The molecule has 0 saturated carbocycles. The highest BCUT2D eigenvalue weighted by atomic mass is 16.5. The minimum absolute atomic E-state index is 0.366. The van der Waals surface area contributed by atoms with Crippen molar-refractivity contribution in [2.75, 3.05) is 7.11 Å². The first-order chi connectivity index (χ1) is 9.70. The van der Waals surface area contributed by atoms with Crippen molar-refractivity contribution in [3.8, 4) is 5.75 Å². The summed E-state index contributed by atoms with van der Waals surface area (Å²) in [6.07, 6.45) is -0.812. The van der Waals surface area contributed by atoms with E-state index in [4.69, 9.17) is 9.47 Å². The fraction of sp³-hybridized carbons (Fsp3) is 0.188. The lowest BCUT2D eigenvalue weighted by Crippen LogP contribution is -2.06. The second-order valence-electron chi connectivity index (χ2n) is 4.63. The number of fused-ring (bicyclic) bond motifs is 2. The number of benzene rings is 2. The Balaban J connectivity index is 2.11. The number of carbonyl (C=O) groups excluding carboxylic acids is 1. The molecule has 0 aromatic heterocycles. The Hall–Kier alpha value is -2.33. The van der Waals surface area contributed by atoms with E-state index in [1.165, 1.54) is 7.11 Å². The van der Waals surface area contributed by atoms with Crippen LogP contribution in [-0.2, 0) is 11.3 Å². The zero-order chi connectivity index (χ0) is 14.1. The third kappa shape index (κ3) is 2.04. The summed E-state index contributed by atoms with van der Waals surface area (Å²) in [5.41, 5.74) is 2.66. The Kier molecular flexibility index (Phi) is 3.16. The Morgan fingerprint density at radius 1 is 1.25 bits per heavy atom. The van der Waals surface area contributed by atoms with Crippen LogP contribution >= 0.6 is 0 Å². The van der Waals surface area contributed by atoms with Crippen LogP contribution in [0.4, 0.5) is 0 Å². The van der Waals surface area contributed by atoms with Crippen LogP contribution in [0.3, 0.4) is 0 Å². The van der Waals surface area contributed by atoms with Gasteiger partial charge in [0, 0.05) is 5.56 Å². The van der Waals surface area contributed by atoms with Gasteiger partial charge in [-0.1, -0.05) is 24.3 Å². The summed E-state index contributed by atoms with van der Waals surface area (Å²) in [7, 11) is 1.34. The molecule has 2 aromatic rings. The van der Waals surface area contributed by atoms with Crippen molar-refractivity contribution in [3.63, 3.8) is 0 Å². The predicted molar refractivity (Wildman–Crippen MR) is 72.6 cm³/mol. The van der Waals surface area contributed by atoms with Crippen molar-refractivity contribution >= 4 is 5.97 Å². The maximum absolute atomic E-state index is 11.6. The van der Waals surface area contributed by atoms with Crippen LogP contribution < -0.4 is 4.74 Å². The monoisotopic (exact) mass is 270 g/mol. The van der Waals surface area contributed by atoms with Crippen LogP contribution in [0.2, 0.25) is 0 Å². The van der Waals surface area contributed by atoms with Crippen LogP contribution in [0, 0.1) is 0 Å². The number of carbonyl (C=O) groups is 1. The number of ether oxygens (including phenoxy) is 2. The Morgan fingerprint density at radius 2 is 2.05 bits per heavy atom. The lowest BCUT2D eigenvalue weighted by Gasteiger charge is -2.13. The van der Waals surface area contributed by atoms with E-state index in [9.17, 15) is 9.90 Å². The van der Waals surface area contributed by atoms with Gasteiger partial charge in [-0.15, -0.1) is 0 Å². The molecule has 1 aliphatic rings. The van der Waals surface area contributed by atoms with Gasteiger partial charge >= 0.3 is 5.97 Å². The van der Waals surface area contributed by atoms with Crippen LogP contribution in [0.25, 0.3) is 0 Å². The first kappa shape index (κ1) is 12.7. The molecule has 0 bridgehead atoms. The predicted octanol–water partition coefficient (Wildman–Crippen LogP) is 2.45. The smallest absolute Gasteiger partial charge is 0.337 e. The second kappa shape index (κ2) is 4.98. The van der Waals surface area contributed by atoms with E-state index in [1.807, 2.05) is 24.3 Å². The van der Waals surface area contributed by atoms with Gasteiger partial charge in [-0.2, -0.15) is 0 Å². The molecule has 0 fully saturated rings. The van der Waals surface area contributed by atoms with E-state index in [1.54, 1.807) is 18.2 Å². The number of rotatable bonds is 1. The van der Waals surface area contributed by atoms with Crippen LogP contribution in [-0.4, -0.2) is 18.2 Å². The summed E-state index contributed by atoms with van der Waals surface area (Å²) in [6.45, 7) is 0.366. The van der Waals surface area contributed by atoms with E-state index in [0.29, 0.717) is 29.0 Å². The van der Waals surface area contributed by atoms with Gasteiger partial charge in [0.15, 0.2) is 0 Å². The number of aliphatic hydroxyl groups excluding tert-OH is 1. The van der Waals surface area contributed by atoms with Crippen molar-refractivity contribution in [1.29, 1.82) is 0 Å². The summed E-state index contributed by atoms with van der Waals surface area (Å²) < 4.78 is 10.4. The molecule has 0 spiro atoms. The van der Waals surface area contributed by atoms with E-state index in [0.717, 1.165) is 5.56 Å². The van der Waals surface area contributed by atoms with Gasteiger partial charge in [-0.05, 0) is 29.3 Å². The number of hydrogen-bond acceptors (Lipinski definition) is 4. The average Bonchev–Trinajstić information content (AvgIpc) is 2.64. The number of para-hydroxylation sites is 1. The first-order valence-electron chi connectivity index (χ1n) is 6.31. The van der Waals surface area contributed by atoms with E-state index < -0.39 is 12.1 Å². The maximum atomic E-state index is 11.6. The SMILES string of the molecule is COC(=O)c1ccc2c(c1)[C@H](O)c1ccccc1OC2. The Morgan fingerprint density at radius 3 is 2.85 bits per heavy atom. The third-order valence-electron chi connectivity index (χ3n) is 3.46. The van der Waals surface area contributed by atoms with E-state index in [2.05, 4.69) is 0 Å². The molecule has 0 unspecified atom stereocenters. The van der Waals surface area contributed by atoms with Crippen molar-refractivity contribution < 1.29 is 19.4 Å². The molecule has 3 rings (SSSR count). The van der Waals surface area contributed by atoms with Gasteiger partial charge in [-0.3, -0.25) is 0 Å². The third-order valence-corrected chi connectivity index (χ3v) is 3.46. The van der Waals surface area contributed by atoms with E-state index >= 15 is 0 Å². The van der Waals surface area contributed by atoms with Crippen molar-refractivity contribution in [1.82, 2.24) is 0 Å². The van der Waals surface area contributed by atoms with Gasteiger partial charge in [0.1, 0.15) is 18.5 Å². The number of hydrogen-bond donors (Lipinski definition) is 1. The molecule has 0 amide bonds. The zero-order valence-corrected chi connectivity index (χ0v) is 11.0. The summed E-state index contributed by atoms with van der Waals surface area (Å²) in [6, 6.07) is 12.5. The number of methoxy groups -OCH3 is 1. The number of aliphatic hydroxyl groups is 1. The van der Waals surface area contributed by atoms with Crippen molar-refractivity contribution in [2.24, 2.45) is 0 Å².